The van der Waals surface area contributed by atoms with Gasteiger partial charge < -0.3 is 15.0 Å². The molecule has 25 heavy (non-hydrogen) atoms. The summed E-state index contributed by atoms with van der Waals surface area (Å²) >= 11 is 0. The van der Waals surface area contributed by atoms with Crippen molar-refractivity contribution in [2.24, 2.45) is 0 Å². The molecule has 2 aromatic carbocycles. The van der Waals surface area contributed by atoms with Gasteiger partial charge in [0.25, 0.3) is 0 Å². The van der Waals surface area contributed by atoms with Crippen LogP contribution < -0.4 is 10.1 Å². The summed E-state index contributed by atoms with van der Waals surface area (Å²) in [4.78, 5) is 15.0. The van der Waals surface area contributed by atoms with Crippen LogP contribution in [0.2, 0.25) is 0 Å². The molecule has 0 unspecified atom stereocenters. The molecule has 0 aliphatic heterocycles. The number of hydrogen-bond acceptors (Lipinski definition) is 2. The minimum absolute atomic E-state index is 0.116. The maximum Gasteiger partial charge on any atom is 0.219 e. The zero-order valence-corrected chi connectivity index (χ0v) is 14.8. The Balaban J connectivity index is 1.90. The highest BCUT2D eigenvalue weighted by molar-refractivity contribution is 5.97. The number of carbonyl (C=O) groups is 1. The van der Waals surface area contributed by atoms with E-state index in [1.165, 1.54) is 5.56 Å². The second kappa shape index (κ2) is 7.88. The molecule has 1 heterocycles. The van der Waals surface area contributed by atoms with Gasteiger partial charge in [-0.15, -0.1) is 0 Å². The SMILES string of the molecule is CCCC(=O)NCCc1c[nH]c2c(-c3ccccc3)cc(OC)cc12. The van der Waals surface area contributed by atoms with Crippen LogP contribution in [0, 0.1) is 0 Å². The molecular weight excluding hydrogens is 312 g/mol. The van der Waals surface area contributed by atoms with E-state index in [4.69, 9.17) is 4.74 Å². The molecule has 0 saturated carbocycles. The molecule has 0 aliphatic carbocycles. The molecule has 1 aromatic heterocycles. The van der Waals surface area contributed by atoms with E-state index in [9.17, 15) is 4.79 Å². The molecule has 0 fully saturated rings. The molecule has 0 atom stereocenters. The third-order valence-electron chi connectivity index (χ3n) is 4.36. The van der Waals surface area contributed by atoms with Gasteiger partial charge in [0.15, 0.2) is 0 Å². The first-order valence-electron chi connectivity index (χ1n) is 8.73. The number of rotatable bonds is 7. The van der Waals surface area contributed by atoms with Crippen LogP contribution in [0.5, 0.6) is 5.75 Å². The van der Waals surface area contributed by atoms with E-state index in [1.54, 1.807) is 7.11 Å². The van der Waals surface area contributed by atoms with Crippen LogP contribution in [0.1, 0.15) is 25.3 Å². The standard InChI is InChI=1S/C21H24N2O2/c1-3-7-20(24)22-11-10-16-14-23-21-18(15-8-5-4-6-9-15)12-17(25-2)13-19(16)21/h4-6,8-9,12-14,23H,3,7,10-11H2,1-2H3,(H,22,24). The summed E-state index contributed by atoms with van der Waals surface area (Å²) in [5, 5.41) is 4.12. The van der Waals surface area contributed by atoms with E-state index in [0.29, 0.717) is 13.0 Å². The van der Waals surface area contributed by atoms with Crippen LogP contribution in [0.25, 0.3) is 22.0 Å². The second-order valence-electron chi connectivity index (χ2n) is 6.13. The minimum Gasteiger partial charge on any atom is -0.497 e. The first-order chi connectivity index (χ1) is 12.2. The summed E-state index contributed by atoms with van der Waals surface area (Å²) in [6, 6.07) is 14.4. The Labute approximate surface area is 148 Å². The first kappa shape index (κ1) is 17.1. The third kappa shape index (κ3) is 3.85. The van der Waals surface area contributed by atoms with Crippen LogP contribution >= 0.6 is 0 Å². The molecular formula is C21H24N2O2. The van der Waals surface area contributed by atoms with Gasteiger partial charge >= 0.3 is 0 Å². The summed E-state index contributed by atoms with van der Waals surface area (Å²) < 4.78 is 5.50. The highest BCUT2D eigenvalue weighted by Crippen LogP contribution is 2.34. The monoisotopic (exact) mass is 336 g/mol. The number of benzene rings is 2. The van der Waals surface area contributed by atoms with Crippen LogP contribution in [-0.2, 0) is 11.2 Å². The van der Waals surface area contributed by atoms with Gasteiger partial charge in [0.1, 0.15) is 5.75 Å². The van der Waals surface area contributed by atoms with E-state index in [2.05, 4.69) is 34.6 Å². The first-order valence-corrected chi connectivity index (χ1v) is 8.73. The lowest BCUT2D eigenvalue weighted by molar-refractivity contribution is -0.121. The third-order valence-corrected chi connectivity index (χ3v) is 4.36. The Morgan fingerprint density at radius 2 is 2.00 bits per heavy atom. The molecule has 0 spiro atoms. The fourth-order valence-corrected chi connectivity index (χ4v) is 3.08. The fourth-order valence-electron chi connectivity index (χ4n) is 3.08. The van der Waals surface area contributed by atoms with Gasteiger partial charge in [-0.2, -0.15) is 0 Å². The number of ether oxygens (including phenoxy) is 1. The van der Waals surface area contributed by atoms with Crippen molar-refractivity contribution in [2.45, 2.75) is 26.2 Å². The quantitative estimate of drug-likeness (QED) is 0.676. The molecule has 3 rings (SSSR count). The Morgan fingerprint density at radius 1 is 1.20 bits per heavy atom. The number of aromatic amines is 1. The predicted octanol–water partition coefficient (Wildman–Crippen LogP) is 4.30. The largest absolute Gasteiger partial charge is 0.497 e. The van der Waals surface area contributed by atoms with Gasteiger partial charge in [-0.25, -0.2) is 0 Å². The van der Waals surface area contributed by atoms with Crippen LogP contribution in [0.15, 0.2) is 48.7 Å². The van der Waals surface area contributed by atoms with E-state index < -0.39 is 0 Å². The lowest BCUT2D eigenvalue weighted by atomic mass is 10.0. The van der Waals surface area contributed by atoms with Crippen molar-refractivity contribution in [3.05, 3.63) is 54.2 Å². The zero-order chi connectivity index (χ0) is 17.6. The molecule has 3 aromatic rings. The average molecular weight is 336 g/mol. The van der Waals surface area contributed by atoms with Gasteiger partial charge in [-0.1, -0.05) is 37.3 Å². The fraction of sp³-hybridized carbons (Fsp3) is 0.286. The van der Waals surface area contributed by atoms with Crippen molar-refractivity contribution in [1.29, 1.82) is 0 Å². The van der Waals surface area contributed by atoms with Crippen LogP contribution in [-0.4, -0.2) is 24.5 Å². The Morgan fingerprint density at radius 3 is 2.72 bits per heavy atom. The van der Waals surface area contributed by atoms with Crippen molar-refractivity contribution in [3.63, 3.8) is 0 Å². The van der Waals surface area contributed by atoms with Crippen molar-refractivity contribution in [1.82, 2.24) is 10.3 Å². The minimum atomic E-state index is 0.116. The molecule has 2 N–H and O–H groups in total. The number of carbonyl (C=O) groups excluding carboxylic acids is 1. The smallest absolute Gasteiger partial charge is 0.219 e. The molecule has 0 aliphatic rings. The van der Waals surface area contributed by atoms with Gasteiger partial charge in [0.2, 0.25) is 5.91 Å². The number of aromatic nitrogens is 1. The molecule has 0 bridgehead atoms. The molecule has 130 valence electrons. The molecule has 1 amide bonds. The summed E-state index contributed by atoms with van der Waals surface area (Å²) in [7, 11) is 1.69. The van der Waals surface area contributed by atoms with Gasteiger partial charge in [-0.3, -0.25) is 4.79 Å². The lowest BCUT2D eigenvalue weighted by Crippen LogP contribution is -2.25. The van der Waals surface area contributed by atoms with Crippen molar-refractivity contribution in [3.8, 4) is 16.9 Å². The molecule has 0 radical (unpaired) electrons. The van der Waals surface area contributed by atoms with E-state index >= 15 is 0 Å². The van der Waals surface area contributed by atoms with Crippen molar-refractivity contribution in [2.75, 3.05) is 13.7 Å². The number of fused-ring (bicyclic) bond motifs is 1. The average Bonchev–Trinajstić information content (AvgIpc) is 3.05. The predicted molar refractivity (Wildman–Crippen MR) is 102 cm³/mol. The maximum atomic E-state index is 11.6. The molecule has 4 nitrogen and oxygen atoms in total. The molecule has 0 saturated heterocycles. The Kier molecular flexibility index (Phi) is 5.39. The highest BCUT2D eigenvalue weighted by Gasteiger charge is 2.12. The number of H-pyrrole nitrogens is 1. The normalized spacial score (nSPS) is 10.8. The number of methoxy groups -OCH3 is 1. The van der Waals surface area contributed by atoms with Crippen LogP contribution in [0.3, 0.4) is 0 Å². The highest BCUT2D eigenvalue weighted by atomic mass is 16.5. The maximum absolute atomic E-state index is 11.6. The zero-order valence-electron chi connectivity index (χ0n) is 14.8. The molecule has 4 heteroatoms. The number of amides is 1. The van der Waals surface area contributed by atoms with Crippen molar-refractivity contribution >= 4 is 16.8 Å². The summed E-state index contributed by atoms with van der Waals surface area (Å²) in [6.45, 7) is 2.65. The summed E-state index contributed by atoms with van der Waals surface area (Å²) in [5.74, 6) is 0.951. The van der Waals surface area contributed by atoms with E-state index in [0.717, 1.165) is 40.6 Å². The number of hydrogen-bond donors (Lipinski definition) is 2. The summed E-state index contributed by atoms with van der Waals surface area (Å²) in [6.07, 6.45) is 4.27. The van der Waals surface area contributed by atoms with Gasteiger partial charge in [-0.05, 0) is 36.1 Å². The van der Waals surface area contributed by atoms with Gasteiger partial charge in [0.05, 0.1) is 12.6 Å². The van der Waals surface area contributed by atoms with Crippen LogP contribution in [0.4, 0.5) is 0 Å². The second-order valence-corrected chi connectivity index (χ2v) is 6.13. The Bertz CT molecular complexity index is 853. The van der Waals surface area contributed by atoms with Crippen molar-refractivity contribution < 1.29 is 9.53 Å². The summed E-state index contributed by atoms with van der Waals surface area (Å²) in [5.41, 5.74) is 4.55. The van der Waals surface area contributed by atoms with E-state index in [1.807, 2.05) is 31.3 Å². The number of nitrogens with one attached hydrogen (secondary N) is 2. The van der Waals surface area contributed by atoms with Gasteiger partial charge in [0, 0.05) is 30.1 Å². The topological polar surface area (TPSA) is 54.1 Å². The Hall–Kier alpha value is -2.75. The van der Waals surface area contributed by atoms with E-state index in [-0.39, 0.29) is 5.91 Å². The lowest BCUT2D eigenvalue weighted by Gasteiger charge is -2.09.